The van der Waals surface area contributed by atoms with E-state index in [1.165, 1.54) is 16.8 Å². The highest BCUT2D eigenvalue weighted by Crippen LogP contribution is 2.25. The summed E-state index contributed by atoms with van der Waals surface area (Å²) in [7, 11) is 1.54. The Kier molecular flexibility index (Phi) is 4.51. The second-order valence-corrected chi connectivity index (χ2v) is 5.26. The van der Waals surface area contributed by atoms with Crippen LogP contribution in [0.15, 0.2) is 16.9 Å². The molecule has 1 aliphatic heterocycles. The zero-order valence-corrected chi connectivity index (χ0v) is 11.7. The number of hydrogen-bond acceptors (Lipinski definition) is 5. The van der Waals surface area contributed by atoms with Crippen LogP contribution in [0.1, 0.15) is 17.4 Å². The molecule has 7 nitrogen and oxygen atoms in total. The number of ether oxygens (including phenoxy) is 2. The molecule has 0 aliphatic carbocycles. The van der Waals surface area contributed by atoms with Gasteiger partial charge >= 0.3 is 0 Å². The summed E-state index contributed by atoms with van der Waals surface area (Å²) in [6.07, 6.45) is 0. The van der Waals surface area contributed by atoms with Crippen LogP contribution in [0.3, 0.4) is 0 Å². The van der Waals surface area contributed by atoms with E-state index in [9.17, 15) is 9.59 Å². The molecular formula is C13H19N3O4. The van der Waals surface area contributed by atoms with Gasteiger partial charge in [0.25, 0.3) is 11.5 Å². The van der Waals surface area contributed by atoms with Crippen LogP contribution in [0, 0.1) is 5.41 Å². The highest BCUT2D eigenvalue weighted by Gasteiger charge is 2.33. The summed E-state index contributed by atoms with van der Waals surface area (Å²) in [5.41, 5.74) is -0.0253. The molecule has 0 atom stereocenters. The van der Waals surface area contributed by atoms with Crippen molar-refractivity contribution in [2.75, 3.05) is 33.5 Å². The maximum atomic E-state index is 12.0. The van der Waals surface area contributed by atoms with E-state index in [-0.39, 0.29) is 22.6 Å². The van der Waals surface area contributed by atoms with Crippen LogP contribution in [0.2, 0.25) is 0 Å². The molecule has 110 valence electrons. The van der Waals surface area contributed by atoms with Crippen molar-refractivity contribution in [1.82, 2.24) is 15.1 Å². The fourth-order valence-electron chi connectivity index (χ4n) is 1.84. The third kappa shape index (κ3) is 3.43. The average Bonchev–Trinajstić information content (AvgIpc) is 2.41. The van der Waals surface area contributed by atoms with Gasteiger partial charge in [-0.15, -0.1) is 0 Å². The van der Waals surface area contributed by atoms with Crippen LogP contribution in [0.5, 0.6) is 0 Å². The zero-order chi connectivity index (χ0) is 14.6. The smallest absolute Gasteiger partial charge is 0.271 e. The molecule has 7 heteroatoms. The molecule has 2 heterocycles. The minimum atomic E-state index is -0.288. The van der Waals surface area contributed by atoms with Gasteiger partial charge < -0.3 is 14.8 Å². The summed E-state index contributed by atoms with van der Waals surface area (Å²) in [6, 6.07) is 2.77. The van der Waals surface area contributed by atoms with E-state index in [1.54, 1.807) is 7.11 Å². The molecule has 2 rings (SSSR count). The number of hydrogen-bond donors (Lipinski definition) is 1. The highest BCUT2D eigenvalue weighted by atomic mass is 16.5. The Labute approximate surface area is 116 Å². The van der Waals surface area contributed by atoms with Gasteiger partial charge in [-0.2, -0.15) is 5.10 Å². The Morgan fingerprint density at radius 3 is 2.90 bits per heavy atom. The fourth-order valence-corrected chi connectivity index (χ4v) is 1.84. The summed E-state index contributed by atoms with van der Waals surface area (Å²) in [5.74, 6) is -0.288. The Hall–Kier alpha value is -1.73. The first kappa shape index (κ1) is 14.7. The van der Waals surface area contributed by atoms with E-state index in [0.29, 0.717) is 32.9 Å². The van der Waals surface area contributed by atoms with E-state index in [0.717, 1.165) is 0 Å². The van der Waals surface area contributed by atoms with Crippen molar-refractivity contribution in [2.24, 2.45) is 5.41 Å². The van der Waals surface area contributed by atoms with Gasteiger partial charge in [0.05, 0.1) is 26.4 Å². The van der Waals surface area contributed by atoms with E-state index >= 15 is 0 Å². The Bertz CT molecular complexity index is 537. The van der Waals surface area contributed by atoms with Crippen LogP contribution in [-0.2, 0) is 16.0 Å². The molecule has 0 aromatic carbocycles. The Morgan fingerprint density at radius 1 is 1.55 bits per heavy atom. The normalized spacial score (nSPS) is 16.5. The predicted octanol–water partition coefficient (Wildman–Crippen LogP) is -0.344. The first-order valence-electron chi connectivity index (χ1n) is 6.47. The number of rotatable bonds is 6. The molecule has 1 saturated heterocycles. The number of aromatic nitrogens is 2. The van der Waals surface area contributed by atoms with Crippen LogP contribution >= 0.6 is 0 Å². The largest absolute Gasteiger partial charge is 0.383 e. The Morgan fingerprint density at radius 2 is 2.30 bits per heavy atom. The SMILES string of the molecule is COCCn1nc(C(=O)NCC2(C)COC2)ccc1=O. The summed E-state index contributed by atoms with van der Waals surface area (Å²) in [5, 5.41) is 6.85. The van der Waals surface area contributed by atoms with Crippen molar-refractivity contribution in [3.05, 3.63) is 28.2 Å². The van der Waals surface area contributed by atoms with Crippen LogP contribution in [-0.4, -0.2) is 49.2 Å². The van der Waals surface area contributed by atoms with Gasteiger partial charge in [0.2, 0.25) is 0 Å². The van der Waals surface area contributed by atoms with Crippen LogP contribution in [0.25, 0.3) is 0 Å². The summed E-state index contributed by atoms with van der Waals surface area (Å²) < 4.78 is 11.3. The van der Waals surface area contributed by atoms with Crippen LogP contribution < -0.4 is 10.9 Å². The number of nitrogens with one attached hydrogen (secondary N) is 1. The number of carbonyl (C=O) groups excluding carboxylic acids is 1. The molecule has 1 aromatic heterocycles. The summed E-state index contributed by atoms with van der Waals surface area (Å²) in [4.78, 5) is 23.6. The minimum Gasteiger partial charge on any atom is -0.383 e. The lowest BCUT2D eigenvalue weighted by molar-refractivity contribution is -0.0978. The number of amides is 1. The van der Waals surface area contributed by atoms with Gasteiger partial charge in [0, 0.05) is 25.1 Å². The molecule has 0 bridgehead atoms. The summed E-state index contributed by atoms with van der Waals surface area (Å²) in [6.45, 7) is 4.56. The zero-order valence-electron chi connectivity index (χ0n) is 11.7. The fraction of sp³-hybridized carbons (Fsp3) is 0.615. The van der Waals surface area contributed by atoms with Gasteiger partial charge in [0.15, 0.2) is 0 Å². The number of carbonyl (C=O) groups is 1. The standard InChI is InChI=1S/C13H19N3O4/c1-13(8-20-9-13)7-14-12(18)10-3-4-11(17)16(15-10)5-6-19-2/h3-4H,5-9H2,1-2H3,(H,14,18). The number of nitrogens with zero attached hydrogens (tertiary/aromatic N) is 2. The molecule has 1 fully saturated rings. The lowest BCUT2D eigenvalue weighted by Crippen LogP contribution is -2.48. The lowest BCUT2D eigenvalue weighted by Gasteiger charge is -2.37. The molecule has 0 radical (unpaired) electrons. The van der Waals surface area contributed by atoms with E-state index in [1.807, 2.05) is 6.92 Å². The first-order valence-corrected chi connectivity index (χ1v) is 6.47. The molecule has 20 heavy (non-hydrogen) atoms. The number of methoxy groups -OCH3 is 1. The van der Waals surface area contributed by atoms with E-state index < -0.39 is 0 Å². The third-order valence-corrected chi connectivity index (χ3v) is 3.18. The van der Waals surface area contributed by atoms with Gasteiger partial charge in [-0.1, -0.05) is 6.92 Å². The van der Waals surface area contributed by atoms with Gasteiger partial charge in [-0.3, -0.25) is 9.59 Å². The maximum absolute atomic E-state index is 12.0. The lowest BCUT2D eigenvalue weighted by atomic mass is 9.89. The molecule has 0 saturated carbocycles. The van der Waals surface area contributed by atoms with Crippen molar-refractivity contribution in [3.8, 4) is 0 Å². The molecule has 1 N–H and O–H groups in total. The van der Waals surface area contributed by atoms with E-state index in [4.69, 9.17) is 9.47 Å². The minimum absolute atomic E-state index is 0.000157. The van der Waals surface area contributed by atoms with Gasteiger partial charge in [-0.05, 0) is 6.07 Å². The topological polar surface area (TPSA) is 82.5 Å². The van der Waals surface area contributed by atoms with Gasteiger partial charge in [-0.25, -0.2) is 4.68 Å². The molecule has 1 aromatic rings. The van der Waals surface area contributed by atoms with Crippen molar-refractivity contribution < 1.29 is 14.3 Å². The average molecular weight is 281 g/mol. The molecule has 0 unspecified atom stereocenters. The van der Waals surface area contributed by atoms with Crippen molar-refractivity contribution in [2.45, 2.75) is 13.5 Å². The third-order valence-electron chi connectivity index (χ3n) is 3.18. The van der Waals surface area contributed by atoms with Crippen molar-refractivity contribution >= 4 is 5.91 Å². The van der Waals surface area contributed by atoms with E-state index in [2.05, 4.69) is 10.4 Å². The monoisotopic (exact) mass is 281 g/mol. The molecule has 1 aliphatic rings. The molecule has 0 spiro atoms. The maximum Gasteiger partial charge on any atom is 0.271 e. The van der Waals surface area contributed by atoms with Crippen LogP contribution in [0.4, 0.5) is 0 Å². The van der Waals surface area contributed by atoms with Crippen molar-refractivity contribution in [3.63, 3.8) is 0 Å². The Balaban J connectivity index is 2.00. The first-order chi connectivity index (χ1) is 9.54. The molecule has 1 amide bonds. The molecular weight excluding hydrogens is 262 g/mol. The predicted molar refractivity (Wildman–Crippen MR) is 71.6 cm³/mol. The summed E-state index contributed by atoms with van der Waals surface area (Å²) >= 11 is 0. The second-order valence-electron chi connectivity index (χ2n) is 5.26. The quantitative estimate of drug-likeness (QED) is 0.771. The second kappa shape index (κ2) is 6.15. The highest BCUT2D eigenvalue weighted by molar-refractivity contribution is 5.92. The van der Waals surface area contributed by atoms with Gasteiger partial charge in [0.1, 0.15) is 5.69 Å². The van der Waals surface area contributed by atoms with Crippen molar-refractivity contribution in [1.29, 1.82) is 0 Å².